The molecule has 1 aliphatic carbocycles. The molecule has 0 bridgehead atoms. The number of nitrogens with one attached hydrogen (secondary N) is 1. The lowest BCUT2D eigenvalue weighted by Gasteiger charge is -2.37. The molecular weight excluding hydrogens is 330 g/mol. The van der Waals surface area contributed by atoms with E-state index in [1.54, 1.807) is 11.8 Å². The first-order valence-corrected chi connectivity index (χ1v) is 9.87. The van der Waals surface area contributed by atoms with Crippen LogP contribution >= 0.6 is 24.0 Å². The van der Waals surface area contributed by atoms with Crippen molar-refractivity contribution in [2.24, 2.45) is 0 Å². The van der Waals surface area contributed by atoms with Gasteiger partial charge in [-0.05, 0) is 33.1 Å². The van der Waals surface area contributed by atoms with Crippen LogP contribution < -0.4 is 5.32 Å². The van der Waals surface area contributed by atoms with Gasteiger partial charge in [0.15, 0.2) is 0 Å². The van der Waals surface area contributed by atoms with Gasteiger partial charge in [0.25, 0.3) is 0 Å². The summed E-state index contributed by atoms with van der Waals surface area (Å²) < 4.78 is 0.432. The molecule has 1 atom stereocenters. The maximum atomic E-state index is 12.5. The molecule has 2 rings (SSSR count). The van der Waals surface area contributed by atoms with Gasteiger partial charge in [-0.1, -0.05) is 56.6 Å². The summed E-state index contributed by atoms with van der Waals surface area (Å²) in [6, 6.07) is -0.221. The van der Waals surface area contributed by atoms with Crippen LogP contribution in [0, 0.1) is 0 Å². The average Bonchev–Trinajstić information content (AvgIpc) is 2.73. The lowest BCUT2D eigenvalue weighted by atomic mass is 9.96. The minimum atomic E-state index is -0.421. The Morgan fingerprint density at radius 1 is 1.43 bits per heavy atom. The average molecular weight is 360 g/mol. The molecule has 0 unspecified atom stereocenters. The summed E-state index contributed by atoms with van der Waals surface area (Å²) in [6.07, 6.45) is 7.15. The lowest BCUT2D eigenvalue weighted by molar-refractivity contribution is -0.119. The van der Waals surface area contributed by atoms with E-state index in [9.17, 15) is 10.0 Å². The predicted molar refractivity (Wildman–Crippen MR) is 98.7 cm³/mol. The van der Waals surface area contributed by atoms with E-state index in [2.05, 4.69) is 12.2 Å². The Hall–Kier alpha value is -0.530. The minimum absolute atomic E-state index is 0.180. The Balaban J connectivity index is 2.05. The molecule has 5 nitrogen and oxygen atoms in total. The molecular formula is C16H29N3O2S2. The zero-order valence-corrected chi connectivity index (χ0v) is 16.0. The van der Waals surface area contributed by atoms with Crippen molar-refractivity contribution in [1.82, 2.24) is 15.3 Å². The van der Waals surface area contributed by atoms with E-state index >= 15 is 0 Å². The molecule has 0 aromatic carbocycles. The van der Waals surface area contributed by atoms with Gasteiger partial charge in [-0.15, -0.1) is 0 Å². The van der Waals surface area contributed by atoms with Gasteiger partial charge in [-0.2, -0.15) is 5.06 Å². The number of hydrogen-bond donors (Lipinski definition) is 2. The van der Waals surface area contributed by atoms with Crippen molar-refractivity contribution in [2.45, 2.75) is 82.7 Å². The van der Waals surface area contributed by atoms with Crippen molar-refractivity contribution in [1.29, 1.82) is 0 Å². The van der Waals surface area contributed by atoms with Gasteiger partial charge in [0.05, 0.1) is 4.75 Å². The zero-order chi connectivity index (χ0) is 17.0. The fourth-order valence-corrected chi connectivity index (χ4v) is 5.31. The highest BCUT2D eigenvalue weighted by molar-refractivity contribution is 8.24. The molecule has 2 fully saturated rings. The van der Waals surface area contributed by atoms with Gasteiger partial charge in [0.2, 0.25) is 0 Å². The van der Waals surface area contributed by atoms with Crippen molar-refractivity contribution in [3.8, 4) is 0 Å². The number of urea groups is 1. The number of thiocarbonyl (C=S) groups is 1. The maximum Gasteiger partial charge on any atom is 0.343 e. The van der Waals surface area contributed by atoms with Gasteiger partial charge < -0.3 is 10.2 Å². The molecule has 2 aliphatic rings. The molecule has 0 aromatic heterocycles. The van der Waals surface area contributed by atoms with Crippen molar-refractivity contribution in [3.05, 3.63) is 0 Å². The molecule has 0 aromatic rings. The number of rotatable bonds is 5. The van der Waals surface area contributed by atoms with Crippen molar-refractivity contribution in [2.75, 3.05) is 6.54 Å². The van der Waals surface area contributed by atoms with Crippen LogP contribution in [-0.4, -0.2) is 49.0 Å². The van der Waals surface area contributed by atoms with E-state index in [0.717, 1.165) is 54.5 Å². The number of hydroxylamine groups is 2. The second kappa shape index (κ2) is 8.03. The molecule has 1 aliphatic heterocycles. The second-order valence-corrected chi connectivity index (χ2v) is 9.31. The third-order valence-electron chi connectivity index (χ3n) is 4.63. The summed E-state index contributed by atoms with van der Waals surface area (Å²) in [5, 5.41) is 14.4. The van der Waals surface area contributed by atoms with E-state index in [4.69, 9.17) is 12.2 Å². The Labute approximate surface area is 149 Å². The highest BCUT2D eigenvalue weighted by atomic mass is 32.2. The van der Waals surface area contributed by atoms with Crippen LogP contribution in [-0.2, 0) is 0 Å². The molecule has 132 valence electrons. The van der Waals surface area contributed by atoms with E-state index in [1.807, 2.05) is 18.7 Å². The van der Waals surface area contributed by atoms with Gasteiger partial charge in [-0.3, -0.25) is 5.21 Å². The Morgan fingerprint density at radius 3 is 2.70 bits per heavy atom. The van der Waals surface area contributed by atoms with Crippen LogP contribution in [0.25, 0.3) is 0 Å². The monoisotopic (exact) mass is 359 g/mol. The van der Waals surface area contributed by atoms with Gasteiger partial charge >= 0.3 is 6.03 Å². The molecule has 0 radical (unpaired) electrons. The first-order chi connectivity index (χ1) is 10.9. The van der Waals surface area contributed by atoms with E-state index in [0.29, 0.717) is 0 Å². The van der Waals surface area contributed by atoms with Gasteiger partial charge in [0, 0.05) is 12.6 Å². The fraction of sp³-hybridized carbons (Fsp3) is 0.875. The third-order valence-corrected chi connectivity index (χ3v) is 6.26. The van der Waals surface area contributed by atoms with Crippen LogP contribution in [0.3, 0.4) is 0 Å². The highest BCUT2D eigenvalue weighted by Gasteiger charge is 2.49. The normalized spacial score (nSPS) is 24.8. The Kier molecular flexibility index (Phi) is 6.57. The second-order valence-electron chi connectivity index (χ2n) is 7.02. The van der Waals surface area contributed by atoms with Gasteiger partial charge in [0.1, 0.15) is 10.5 Å². The number of carbonyl (C=O) groups excluding carboxylic acids is 1. The smallest absolute Gasteiger partial charge is 0.334 e. The molecule has 7 heteroatoms. The number of thioether (sulfide) groups is 1. The molecule has 1 saturated carbocycles. The van der Waals surface area contributed by atoms with Crippen molar-refractivity contribution >= 4 is 34.3 Å². The highest BCUT2D eigenvalue weighted by Crippen LogP contribution is 2.42. The zero-order valence-electron chi connectivity index (χ0n) is 14.4. The van der Waals surface area contributed by atoms with E-state index in [-0.39, 0.29) is 10.8 Å². The molecule has 0 spiro atoms. The standard InChI is InChI=1S/C16H29N3O2S2/c1-4-5-11-18-13(16(2,3)23-15(18)22)19(21)14(20)17-12-9-7-6-8-10-12/h12-13,21H,4-11H2,1-3H3,(H,17,20)/t13-/m0/s1. The Bertz CT molecular complexity index is 439. The van der Waals surface area contributed by atoms with Crippen LogP contribution in [0.15, 0.2) is 0 Å². The quantitative estimate of drug-likeness (QED) is 0.442. The number of carbonyl (C=O) groups is 1. The lowest BCUT2D eigenvalue weighted by Crippen LogP contribution is -2.58. The first-order valence-electron chi connectivity index (χ1n) is 8.65. The molecule has 2 amide bonds. The molecule has 1 heterocycles. The van der Waals surface area contributed by atoms with E-state index < -0.39 is 12.2 Å². The predicted octanol–water partition coefficient (Wildman–Crippen LogP) is 3.96. The molecule has 1 saturated heterocycles. The minimum Gasteiger partial charge on any atom is -0.334 e. The van der Waals surface area contributed by atoms with Crippen LogP contribution in [0.1, 0.15) is 65.7 Å². The number of nitrogens with zero attached hydrogens (tertiary/aromatic N) is 2. The van der Waals surface area contributed by atoms with Crippen LogP contribution in [0.2, 0.25) is 0 Å². The fourth-order valence-electron chi connectivity index (χ4n) is 3.38. The molecule has 2 N–H and O–H groups in total. The Morgan fingerprint density at radius 2 is 2.09 bits per heavy atom. The van der Waals surface area contributed by atoms with Crippen molar-refractivity contribution in [3.63, 3.8) is 0 Å². The third kappa shape index (κ3) is 4.51. The number of unbranched alkanes of at least 4 members (excludes halogenated alkanes) is 1. The SMILES string of the molecule is CCCCN1C(=S)SC(C)(C)[C@@H]1N(O)C(=O)NC1CCCCC1. The topological polar surface area (TPSA) is 55.8 Å². The summed E-state index contributed by atoms with van der Waals surface area (Å²) in [6.45, 7) is 6.94. The maximum absolute atomic E-state index is 12.5. The number of amides is 2. The largest absolute Gasteiger partial charge is 0.343 e. The summed E-state index contributed by atoms with van der Waals surface area (Å²) in [5.74, 6) is 0. The first kappa shape index (κ1) is 18.8. The van der Waals surface area contributed by atoms with Crippen LogP contribution in [0.4, 0.5) is 4.79 Å². The van der Waals surface area contributed by atoms with E-state index in [1.165, 1.54) is 6.42 Å². The summed E-state index contributed by atoms with van der Waals surface area (Å²) in [5.41, 5.74) is 0. The van der Waals surface area contributed by atoms with Crippen LogP contribution in [0.5, 0.6) is 0 Å². The summed E-state index contributed by atoms with van der Waals surface area (Å²) in [7, 11) is 0. The summed E-state index contributed by atoms with van der Waals surface area (Å²) >= 11 is 7.02. The van der Waals surface area contributed by atoms with Crippen molar-refractivity contribution < 1.29 is 10.0 Å². The summed E-state index contributed by atoms with van der Waals surface area (Å²) in [4.78, 5) is 14.5. The molecule has 23 heavy (non-hydrogen) atoms. The van der Waals surface area contributed by atoms with Gasteiger partial charge in [-0.25, -0.2) is 4.79 Å². The number of hydrogen-bond acceptors (Lipinski definition) is 4.